The fourth-order valence-corrected chi connectivity index (χ4v) is 3.41. The summed E-state index contributed by atoms with van der Waals surface area (Å²) in [6, 6.07) is 1.54. The molecule has 1 saturated heterocycles. The highest BCUT2D eigenvalue weighted by atomic mass is 15.3. The van der Waals surface area contributed by atoms with E-state index in [1.54, 1.807) is 0 Å². The molecule has 0 spiro atoms. The van der Waals surface area contributed by atoms with Crippen LogP contribution in [0.3, 0.4) is 0 Å². The zero-order valence-corrected chi connectivity index (χ0v) is 13.4. The molecular weight excluding hydrogens is 234 g/mol. The molecule has 2 fully saturated rings. The van der Waals surface area contributed by atoms with Crippen LogP contribution in [0, 0.1) is 5.41 Å². The van der Waals surface area contributed by atoms with Gasteiger partial charge < -0.3 is 10.2 Å². The molecular formula is C16H33N3. The highest BCUT2D eigenvalue weighted by molar-refractivity contribution is 4.89. The van der Waals surface area contributed by atoms with Crippen molar-refractivity contribution in [3.05, 3.63) is 0 Å². The normalized spacial score (nSPS) is 29.4. The third kappa shape index (κ3) is 4.73. The SMILES string of the molecule is CCCC(C)(CNC1CC1)CN1CCN(C)CC1C. The van der Waals surface area contributed by atoms with Gasteiger partial charge >= 0.3 is 0 Å². The Morgan fingerprint density at radius 2 is 2.00 bits per heavy atom. The van der Waals surface area contributed by atoms with Crippen LogP contribution >= 0.6 is 0 Å². The molecule has 112 valence electrons. The molecule has 0 bridgehead atoms. The van der Waals surface area contributed by atoms with Gasteiger partial charge in [0.15, 0.2) is 0 Å². The van der Waals surface area contributed by atoms with Gasteiger partial charge in [-0.25, -0.2) is 0 Å². The first kappa shape index (κ1) is 15.3. The second-order valence-electron chi connectivity index (χ2n) is 7.30. The maximum atomic E-state index is 3.76. The van der Waals surface area contributed by atoms with E-state index in [2.05, 4.69) is 42.9 Å². The molecule has 0 radical (unpaired) electrons. The lowest BCUT2D eigenvalue weighted by molar-refractivity contribution is 0.0559. The molecule has 1 aliphatic carbocycles. The van der Waals surface area contributed by atoms with E-state index >= 15 is 0 Å². The number of piperazine rings is 1. The number of likely N-dealkylation sites (N-methyl/N-ethyl adjacent to an activating group) is 1. The van der Waals surface area contributed by atoms with E-state index in [1.807, 2.05) is 0 Å². The van der Waals surface area contributed by atoms with Crippen LogP contribution in [0.2, 0.25) is 0 Å². The summed E-state index contributed by atoms with van der Waals surface area (Å²) in [6.07, 6.45) is 5.43. The molecule has 1 saturated carbocycles. The molecule has 1 aliphatic heterocycles. The fraction of sp³-hybridized carbons (Fsp3) is 1.00. The Kier molecular flexibility index (Phi) is 5.27. The smallest absolute Gasteiger partial charge is 0.0195 e. The molecule has 2 unspecified atom stereocenters. The third-order valence-corrected chi connectivity index (χ3v) is 4.80. The van der Waals surface area contributed by atoms with Gasteiger partial charge in [-0.1, -0.05) is 20.3 Å². The maximum absolute atomic E-state index is 3.76. The number of hydrogen-bond donors (Lipinski definition) is 1. The van der Waals surface area contributed by atoms with Gasteiger partial charge in [-0.2, -0.15) is 0 Å². The van der Waals surface area contributed by atoms with E-state index < -0.39 is 0 Å². The monoisotopic (exact) mass is 267 g/mol. The van der Waals surface area contributed by atoms with Crippen LogP contribution in [0.25, 0.3) is 0 Å². The minimum atomic E-state index is 0.446. The lowest BCUT2D eigenvalue weighted by atomic mass is 9.84. The first-order valence-electron chi connectivity index (χ1n) is 8.18. The van der Waals surface area contributed by atoms with Crippen LogP contribution in [-0.2, 0) is 0 Å². The summed E-state index contributed by atoms with van der Waals surface area (Å²) in [4.78, 5) is 5.17. The van der Waals surface area contributed by atoms with Crippen LogP contribution < -0.4 is 5.32 Å². The van der Waals surface area contributed by atoms with E-state index in [0.717, 1.165) is 6.04 Å². The first-order valence-corrected chi connectivity index (χ1v) is 8.18. The Balaban J connectivity index is 1.86. The standard InChI is InChI=1S/C16H33N3/c1-5-8-16(3,12-17-15-6-7-15)13-19-10-9-18(4)11-14(19)2/h14-15,17H,5-13H2,1-4H3. The Bertz CT molecular complexity index is 277. The molecule has 1 N–H and O–H groups in total. The van der Waals surface area contributed by atoms with E-state index in [-0.39, 0.29) is 0 Å². The van der Waals surface area contributed by atoms with Crippen molar-refractivity contribution < 1.29 is 0 Å². The van der Waals surface area contributed by atoms with Crippen LogP contribution in [0.4, 0.5) is 0 Å². The third-order valence-electron chi connectivity index (χ3n) is 4.80. The summed E-state index contributed by atoms with van der Waals surface area (Å²) < 4.78 is 0. The highest BCUT2D eigenvalue weighted by Crippen LogP contribution is 2.28. The average Bonchev–Trinajstić information content (AvgIpc) is 3.15. The molecule has 19 heavy (non-hydrogen) atoms. The second-order valence-corrected chi connectivity index (χ2v) is 7.30. The fourth-order valence-electron chi connectivity index (χ4n) is 3.41. The van der Waals surface area contributed by atoms with Crippen molar-refractivity contribution in [2.75, 3.05) is 39.8 Å². The van der Waals surface area contributed by atoms with Crippen molar-refractivity contribution in [1.29, 1.82) is 0 Å². The lowest BCUT2D eigenvalue weighted by Gasteiger charge is -2.43. The van der Waals surface area contributed by atoms with Gasteiger partial charge in [0, 0.05) is 44.8 Å². The Labute approximate surface area is 119 Å². The van der Waals surface area contributed by atoms with Gasteiger partial charge in [0.05, 0.1) is 0 Å². The zero-order chi connectivity index (χ0) is 13.9. The van der Waals surface area contributed by atoms with Crippen molar-refractivity contribution >= 4 is 0 Å². The second kappa shape index (κ2) is 6.55. The number of hydrogen-bond acceptors (Lipinski definition) is 3. The summed E-state index contributed by atoms with van der Waals surface area (Å²) in [5.41, 5.74) is 0.446. The molecule has 2 rings (SSSR count). The number of nitrogens with zero attached hydrogens (tertiary/aromatic N) is 2. The van der Waals surface area contributed by atoms with E-state index in [4.69, 9.17) is 0 Å². The van der Waals surface area contributed by atoms with Gasteiger partial charge in [-0.15, -0.1) is 0 Å². The highest BCUT2D eigenvalue weighted by Gasteiger charge is 2.32. The van der Waals surface area contributed by atoms with Crippen molar-refractivity contribution in [2.45, 2.75) is 58.5 Å². The predicted octanol–water partition coefficient (Wildman–Crippen LogP) is 2.18. The molecule has 0 aromatic rings. The summed E-state index contributed by atoms with van der Waals surface area (Å²) >= 11 is 0. The van der Waals surface area contributed by atoms with E-state index in [9.17, 15) is 0 Å². The number of nitrogens with one attached hydrogen (secondary N) is 1. The molecule has 2 aliphatic rings. The Morgan fingerprint density at radius 1 is 1.26 bits per heavy atom. The minimum absolute atomic E-state index is 0.446. The summed E-state index contributed by atoms with van der Waals surface area (Å²) in [5.74, 6) is 0. The van der Waals surface area contributed by atoms with Gasteiger partial charge in [0.2, 0.25) is 0 Å². The Hall–Kier alpha value is -0.120. The molecule has 0 aromatic carbocycles. The molecule has 3 nitrogen and oxygen atoms in total. The van der Waals surface area contributed by atoms with Crippen LogP contribution in [0.1, 0.15) is 46.5 Å². The van der Waals surface area contributed by atoms with Gasteiger partial charge in [0.1, 0.15) is 0 Å². The lowest BCUT2D eigenvalue weighted by Crippen LogP contribution is -2.54. The van der Waals surface area contributed by atoms with E-state index in [0.29, 0.717) is 11.5 Å². The molecule has 0 amide bonds. The van der Waals surface area contributed by atoms with Crippen molar-refractivity contribution in [3.63, 3.8) is 0 Å². The van der Waals surface area contributed by atoms with Gasteiger partial charge in [-0.05, 0) is 38.6 Å². The largest absolute Gasteiger partial charge is 0.313 e. The van der Waals surface area contributed by atoms with E-state index in [1.165, 1.54) is 58.4 Å². The first-order chi connectivity index (χ1) is 9.02. The predicted molar refractivity (Wildman–Crippen MR) is 82.6 cm³/mol. The summed E-state index contributed by atoms with van der Waals surface area (Å²) in [7, 11) is 2.24. The van der Waals surface area contributed by atoms with Crippen LogP contribution in [-0.4, -0.2) is 61.7 Å². The van der Waals surface area contributed by atoms with Crippen molar-refractivity contribution in [3.8, 4) is 0 Å². The molecule has 3 heteroatoms. The van der Waals surface area contributed by atoms with Crippen LogP contribution in [0.5, 0.6) is 0 Å². The zero-order valence-electron chi connectivity index (χ0n) is 13.4. The quantitative estimate of drug-likeness (QED) is 0.763. The molecule has 1 heterocycles. The van der Waals surface area contributed by atoms with Crippen molar-refractivity contribution in [1.82, 2.24) is 15.1 Å². The summed E-state index contributed by atoms with van der Waals surface area (Å²) in [5, 5.41) is 3.76. The molecule has 2 atom stereocenters. The van der Waals surface area contributed by atoms with Gasteiger partial charge in [-0.3, -0.25) is 4.90 Å². The van der Waals surface area contributed by atoms with Crippen molar-refractivity contribution in [2.24, 2.45) is 5.41 Å². The average molecular weight is 267 g/mol. The number of rotatable bonds is 7. The van der Waals surface area contributed by atoms with Crippen LogP contribution in [0.15, 0.2) is 0 Å². The topological polar surface area (TPSA) is 18.5 Å². The minimum Gasteiger partial charge on any atom is -0.313 e. The van der Waals surface area contributed by atoms with Gasteiger partial charge in [0.25, 0.3) is 0 Å². The summed E-state index contributed by atoms with van der Waals surface area (Å²) in [6.45, 7) is 13.3. The Morgan fingerprint density at radius 3 is 2.58 bits per heavy atom. The maximum Gasteiger partial charge on any atom is 0.0195 e. The molecule has 0 aromatic heterocycles.